The molecule has 0 aliphatic heterocycles. The molecule has 0 amide bonds. The van der Waals surface area contributed by atoms with Crippen molar-refractivity contribution in [1.82, 2.24) is 4.98 Å². The molecule has 0 aliphatic carbocycles. The fraction of sp³-hybridized carbons (Fsp3) is 0.182. The van der Waals surface area contributed by atoms with Crippen LogP contribution >= 0.6 is 0 Å². The maximum atomic E-state index is 11.7. The van der Waals surface area contributed by atoms with Gasteiger partial charge in [0.2, 0.25) is 0 Å². The van der Waals surface area contributed by atoms with Crippen molar-refractivity contribution in [3.8, 4) is 5.75 Å². The number of aryl methyl sites for hydroxylation is 1. The molecular weight excluding hydrogens is 178 g/mol. The second kappa shape index (κ2) is 3.18. The van der Waals surface area contributed by atoms with Gasteiger partial charge in [-0.2, -0.15) is 0 Å². The van der Waals surface area contributed by atoms with E-state index < -0.39 is 0 Å². The van der Waals surface area contributed by atoms with Gasteiger partial charge in [-0.25, -0.2) is 0 Å². The third-order valence-electron chi connectivity index (χ3n) is 2.17. The second-order valence-corrected chi connectivity index (χ2v) is 3.20. The molecule has 3 heteroatoms. The Morgan fingerprint density at radius 2 is 2.14 bits per heavy atom. The van der Waals surface area contributed by atoms with Crippen molar-refractivity contribution in [3.05, 3.63) is 40.2 Å². The van der Waals surface area contributed by atoms with E-state index in [0.29, 0.717) is 11.1 Å². The van der Waals surface area contributed by atoms with Gasteiger partial charge in [-0.15, -0.1) is 0 Å². The van der Waals surface area contributed by atoms with Crippen molar-refractivity contribution < 1.29 is 4.74 Å². The minimum Gasteiger partial charge on any atom is -0.496 e. The molecule has 0 atom stereocenters. The molecule has 1 aromatic heterocycles. The van der Waals surface area contributed by atoms with Crippen LogP contribution in [0.1, 0.15) is 5.69 Å². The summed E-state index contributed by atoms with van der Waals surface area (Å²) in [6, 6.07) is 7.08. The fourth-order valence-corrected chi connectivity index (χ4v) is 1.58. The minimum atomic E-state index is -0.00583. The fourth-order valence-electron chi connectivity index (χ4n) is 1.58. The van der Waals surface area contributed by atoms with Crippen LogP contribution in [0.5, 0.6) is 5.75 Å². The number of pyridine rings is 1. The second-order valence-electron chi connectivity index (χ2n) is 3.20. The number of aromatic nitrogens is 1. The third kappa shape index (κ3) is 1.27. The van der Waals surface area contributed by atoms with Crippen LogP contribution in [0.3, 0.4) is 0 Å². The van der Waals surface area contributed by atoms with Crippen molar-refractivity contribution in [3.63, 3.8) is 0 Å². The molecule has 0 saturated heterocycles. The van der Waals surface area contributed by atoms with Crippen molar-refractivity contribution >= 4 is 10.9 Å². The lowest BCUT2D eigenvalue weighted by molar-refractivity contribution is 0.419. The predicted octanol–water partition coefficient (Wildman–Crippen LogP) is 1.85. The molecule has 0 saturated carbocycles. The Hall–Kier alpha value is -1.77. The lowest BCUT2D eigenvalue weighted by atomic mass is 10.2. The Labute approximate surface area is 81.3 Å². The molecule has 0 radical (unpaired) electrons. The van der Waals surface area contributed by atoms with Gasteiger partial charge in [-0.05, 0) is 19.1 Å². The highest BCUT2D eigenvalue weighted by atomic mass is 16.5. The van der Waals surface area contributed by atoms with Gasteiger partial charge in [0.15, 0.2) is 5.43 Å². The lowest BCUT2D eigenvalue weighted by Crippen LogP contribution is -2.04. The van der Waals surface area contributed by atoms with Crippen LogP contribution in [-0.4, -0.2) is 12.1 Å². The van der Waals surface area contributed by atoms with E-state index in [9.17, 15) is 4.79 Å². The highest BCUT2D eigenvalue weighted by molar-refractivity contribution is 5.84. The van der Waals surface area contributed by atoms with E-state index in [1.54, 1.807) is 19.2 Å². The van der Waals surface area contributed by atoms with Crippen LogP contribution in [0.2, 0.25) is 0 Å². The zero-order chi connectivity index (χ0) is 10.1. The molecule has 2 rings (SSSR count). The summed E-state index contributed by atoms with van der Waals surface area (Å²) < 4.78 is 5.13. The summed E-state index contributed by atoms with van der Waals surface area (Å²) in [6.45, 7) is 1.86. The topological polar surface area (TPSA) is 42.1 Å². The quantitative estimate of drug-likeness (QED) is 0.743. The number of methoxy groups -OCH3 is 1. The van der Waals surface area contributed by atoms with Gasteiger partial charge in [-0.3, -0.25) is 4.79 Å². The van der Waals surface area contributed by atoms with Crippen LogP contribution in [0.15, 0.2) is 29.1 Å². The number of aromatic amines is 1. The summed E-state index contributed by atoms with van der Waals surface area (Å²) in [5.41, 5.74) is 1.67. The van der Waals surface area contributed by atoms with Crippen LogP contribution in [0, 0.1) is 6.92 Å². The lowest BCUT2D eigenvalue weighted by Gasteiger charge is -2.04. The van der Waals surface area contributed by atoms with E-state index in [1.165, 1.54) is 0 Å². The van der Waals surface area contributed by atoms with Gasteiger partial charge in [0.1, 0.15) is 5.75 Å². The number of benzene rings is 1. The summed E-state index contributed by atoms with van der Waals surface area (Å²) in [4.78, 5) is 14.8. The summed E-state index contributed by atoms with van der Waals surface area (Å²) >= 11 is 0. The number of H-pyrrole nitrogens is 1. The van der Waals surface area contributed by atoms with Gasteiger partial charge < -0.3 is 9.72 Å². The normalized spacial score (nSPS) is 10.4. The Bertz CT molecular complexity index is 528. The molecule has 0 spiro atoms. The van der Waals surface area contributed by atoms with Crippen LogP contribution in [0.4, 0.5) is 0 Å². The first-order chi connectivity index (χ1) is 6.72. The van der Waals surface area contributed by atoms with Crippen molar-refractivity contribution in [2.75, 3.05) is 7.11 Å². The monoisotopic (exact) mass is 189 g/mol. The molecule has 0 bridgehead atoms. The van der Waals surface area contributed by atoms with Crippen molar-refractivity contribution in [2.24, 2.45) is 0 Å². The number of hydrogen-bond donors (Lipinski definition) is 1. The number of rotatable bonds is 1. The van der Waals surface area contributed by atoms with Gasteiger partial charge in [0, 0.05) is 11.8 Å². The highest BCUT2D eigenvalue weighted by Gasteiger charge is 2.05. The zero-order valence-corrected chi connectivity index (χ0v) is 8.13. The third-order valence-corrected chi connectivity index (χ3v) is 2.17. The van der Waals surface area contributed by atoms with Gasteiger partial charge in [0.25, 0.3) is 0 Å². The van der Waals surface area contributed by atoms with E-state index in [2.05, 4.69) is 4.98 Å². The smallest absolute Gasteiger partial charge is 0.193 e. The van der Waals surface area contributed by atoms with Gasteiger partial charge >= 0.3 is 0 Å². The van der Waals surface area contributed by atoms with E-state index in [-0.39, 0.29) is 5.43 Å². The van der Waals surface area contributed by atoms with Crippen molar-refractivity contribution in [1.29, 1.82) is 0 Å². The van der Waals surface area contributed by atoms with Crippen molar-refractivity contribution in [2.45, 2.75) is 6.92 Å². The van der Waals surface area contributed by atoms with Gasteiger partial charge in [-0.1, -0.05) is 6.07 Å². The maximum Gasteiger partial charge on any atom is 0.193 e. The summed E-state index contributed by atoms with van der Waals surface area (Å²) in [5, 5.41) is 0.612. The predicted molar refractivity (Wildman–Crippen MR) is 55.9 cm³/mol. The molecule has 2 aromatic rings. The first-order valence-corrected chi connectivity index (χ1v) is 4.39. The van der Waals surface area contributed by atoms with Crippen LogP contribution in [0.25, 0.3) is 10.9 Å². The number of hydrogen-bond acceptors (Lipinski definition) is 2. The number of ether oxygens (including phenoxy) is 1. The Morgan fingerprint density at radius 1 is 1.36 bits per heavy atom. The van der Waals surface area contributed by atoms with Crippen LogP contribution in [-0.2, 0) is 0 Å². The largest absolute Gasteiger partial charge is 0.496 e. The average Bonchev–Trinajstić information content (AvgIpc) is 2.16. The molecular formula is C11H11NO2. The summed E-state index contributed by atoms with van der Waals surface area (Å²) in [6.07, 6.45) is 0. The zero-order valence-electron chi connectivity index (χ0n) is 8.13. The van der Waals surface area contributed by atoms with Crippen LogP contribution < -0.4 is 10.2 Å². The van der Waals surface area contributed by atoms with E-state index in [4.69, 9.17) is 4.74 Å². The Balaban J connectivity index is 2.94. The molecule has 0 fully saturated rings. The van der Waals surface area contributed by atoms with Gasteiger partial charge in [0.05, 0.1) is 18.0 Å². The first kappa shape index (κ1) is 8.81. The molecule has 1 N–H and O–H groups in total. The summed E-state index contributed by atoms with van der Waals surface area (Å²) in [7, 11) is 1.56. The van der Waals surface area contributed by atoms with E-state index in [1.807, 2.05) is 19.1 Å². The molecule has 1 heterocycles. The SMILES string of the molecule is COc1cccc2[nH]c(C)cc(=O)c12. The standard InChI is InChI=1S/C11H11NO2/c1-7-6-9(13)11-8(12-7)4-3-5-10(11)14-2/h3-6H,1-2H3,(H,12,13). The molecule has 14 heavy (non-hydrogen) atoms. The minimum absolute atomic E-state index is 0.00583. The Morgan fingerprint density at radius 3 is 2.86 bits per heavy atom. The molecule has 0 unspecified atom stereocenters. The molecule has 3 nitrogen and oxygen atoms in total. The number of fused-ring (bicyclic) bond motifs is 1. The van der Waals surface area contributed by atoms with E-state index >= 15 is 0 Å². The van der Waals surface area contributed by atoms with E-state index in [0.717, 1.165) is 11.2 Å². The molecule has 1 aromatic carbocycles. The first-order valence-electron chi connectivity index (χ1n) is 4.39. The Kier molecular flexibility index (Phi) is 2.00. The summed E-state index contributed by atoms with van der Waals surface area (Å²) in [5.74, 6) is 0.615. The highest BCUT2D eigenvalue weighted by Crippen LogP contribution is 2.20. The molecule has 72 valence electrons. The maximum absolute atomic E-state index is 11.7. The number of nitrogens with one attached hydrogen (secondary N) is 1. The molecule has 0 aliphatic rings. The average molecular weight is 189 g/mol.